The second kappa shape index (κ2) is 6.33. The summed E-state index contributed by atoms with van der Waals surface area (Å²) in [6.07, 6.45) is 1.90. The van der Waals surface area contributed by atoms with Crippen molar-refractivity contribution in [3.05, 3.63) is 23.3 Å². The number of hydrogen-bond donors (Lipinski definition) is 2. The lowest BCUT2D eigenvalue weighted by molar-refractivity contribution is -0.140. The van der Waals surface area contributed by atoms with Crippen LogP contribution >= 0.6 is 12.6 Å². The van der Waals surface area contributed by atoms with Crippen molar-refractivity contribution in [2.24, 2.45) is 0 Å². The average Bonchev–Trinajstić information content (AvgIpc) is 2.33. The van der Waals surface area contributed by atoms with Gasteiger partial charge in [0.2, 0.25) is 0 Å². The van der Waals surface area contributed by atoms with Gasteiger partial charge in [0.15, 0.2) is 0 Å². The SMILES string of the molecule is COC(=O)CCCC(C)(C)c1c(O)ccc(C)c1S. The highest BCUT2D eigenvalue weighted by Gasteiger charge is 2.26. The molecule has 0 aliphatic carbocycles. The van der Waals surface area contributed by atoms with Gasteiger partial charge in [-0.25, -0.2) is 0 Å². The van der Waals surface area contributed by atoms with Crippen molar-refractivity contribution in [1.82, 2.24) is 0 Å². The van der Waals surface area contributed by atoms with Crippen molar-refractivity contribution in [2.45, 2.75) is 50.3 Å². The van der Waals surface area contributed by atoms with Crippen molar-refractivity contribution in [3.8, 4) is 5.75 Å². The predicted molar refractivity (Wildman–Crippen MR) is 79.0 cm³/mol. The van der Waals surface area contributed by atoms with Gasteiger partial charge in [-0.15, -0.1) is 12.6 Å². The van der Waals surface area contributed by atoms with E-state index in [-0.39, 0.29) is 17.1 Å². The number of thiol groups is 1. The van der Waals surface area contributed by atoms with Crippen LogP contribution in [0.1, 0.15) is 44.2 Å². The Hall–Kier alpha value is -1.16. The fourth-order valence-electron chi connectivity index (χ4n) is 2.25. The smallest absolute Gasteiger partial charge is 0.305 e. The number of methoxy groups -OCH3 is 1. The van der Waals surface area contributed by atoms with Gasteiger partial charge in [0.1, 0.15) is 5.75 Å². The van der Waals surface area contributed by atoms with Crippen LogP contribution in [-0.2, 0) is 14.9 Å². The first-order valence-corrected chi connectivity index (χ1v) is 6.83. The molecule has 0 fully saturated rings. The molecule has 0 atom stereocenters. The summed E-state index contributed by atoms with van der Waals surface area (Å²) < 4.78 is 4.63. The second-order valence-corrected chi connectivity index (χ2v) is 5.89. The standard InChI is InChI=1S/C15H22O3S/c1-10-7-8-11(16)13(14(10)19)15(2,3)9-5-6-12(17)18-4/h7-8,16,19H,5-6,9H2,1-4H3. The monoisotopic (exact) mass is 282 g/mol. The molecule has 4 heteroatoms. The highest BCUT2D eigenvalue weighted by molar-refractivity contribution is 7.80. The van der Waals surface area contributed by atoms with Crippen molar-refractivity contribution < 1.29 is 14.6 Å². The third-order valence-electron chi connectivity index (χ3n) is 3.44. The zero-order chi connectivity index (χ0) is 14.6. The maximum Gasteiger partial charge on any atom is 0.305 e. The number of phenols is 1. The van der Waals surface area contributed by atoms with E-state index in [1.807, 2.05) is 13.0 Å². The number of esters is 1. The summed E-state index contributed by atoms with van der Waals surface area (Å²) in [6.45, 7) is 6.08. The molecule has 106 valence electrons. The van der Waals surface area contributed by atoms with E-state index in [9.17, 15) is 9.90 Å². The molecule has 19 heavy (non-hydrogen) atoms. The number of carbonyl (C=O) groups is 1. The number of hydrogen-bond acceptors (Lipinski definition) is 4. The number of rotatable bonds is 5. The first-order chi connectivity index (χ1) is 8.79. The zero-order valence-electron chi connectivity index (χ0n) is 12.0. The van der Waals surface area contributed by atoms with Gasteiger partial charge in [0.25, 0.3) is 0 Å². The summed E-state index contributed by atoms with van der Waals surface area (Å²) in [4.78, 5) is 12.0. The molecule has 1 rings (SSSR count). The van der Waals surface area contributed by atoms with Crippen LogP contribution in [0.5, 0.6) is 5.75 Å². The maximum atomic E-state index is 11.1. The molecule has 0 bridgehead atoms. The maximum absolute atomic E-state index is 11.1. The Balaban J connectivity index is 2.88. The number of aryl methyl sites for hydroxylation is 1. The Bertz CT molecular complexity index is 467. The van der Waals surface area contributed by atoms with Gasteiger partial charge in [-0.3, -0.25) is 4.79 Å². The number of ether oxygens (including phenoxy) is 1. The molecule has 1 N–H and O–H groups in total. The minimum atomic E-state index is -0.235. The summed E-state index contributed by atoms with van der Waals surface area (Å²) in [5.74, 6) is 0.0639. The molecule has 0 amide bonds. The highest BCUT2D eigenvalue weighted by atomic mass is 32.1. The molecule has 0 aliphatic heterocycles. The summed E-state index contributed by atoms with van der Waals surface area (Å²) >= 11 is 4.50. The van der Waals surface area contributed by atoms with Crippen molar-refractivity contribution in [3.63, 3.8) is 0 Å². The van der Waals surface area contributed by atoms with Crippen LogP contribution in [0.4, 0.5) is 0 Å². The number of benzene rings is 1. The second-order valence-electron chi connectivity index (χ2n) is 5.44. The molecule has 3 nitrogen and oxygen atoms in total. The van der Waals surface area contributed by atoms with E-state index >= 15 is 0 Å². The molecule has 0 aliphatic rings. The minimum absolute atomic E-state index is 0.199. The van der Waals surface area contributed by atoms with Crippen molar-refractivity contribution >= 4 is 18.6 Å². The predicted octanol–water partition coefficient (Wildman–Crippen LogP) is 3.61. The molecule has 0 heterocycles. The zero-order valence-corrected chi connectivity index (χ0v) is 12.9. The van der Waals surface area contributed by atoms with Crippen LogP contribution in [0.15, 0.2) is 17.0 Å². The highest BCUT2D eigenvalue weighted by Crippen LogP contribution is 2.40. The topological polar surface area (TPSA) is 46.5 Å². The van der Waals surface area contributed by atoms with E-state index in [1.54, 1.807) is 6.07 Å². The fraction of sp³-hybridized carbons (Fsp3) is 0.533. The largest absolute Gasteiger partial charge is 0.508 e. The molecular weight excluding hydrogens is 260 g/mol. The van der Waals surface area contributed by atoms with Crippen LogP contribution in [-0.4, -0.2) is 18.2 Å². The van der Waals surface area contributed by atoms with E-state index in [1.165, 1.54) is 7.11 Å². The Kier molecular flexibility index (Phi) is 5.29. The quantitative estimate of drug-likeness (QED) is 0.640. The third kappa shape index (κ3) is 3.90. The van der Waals surface area contributed by atoms with Gasteiger partial charge < -0.3 is 9.84 Å². The average molecular weight is 282 g/mol. The lowest BCUT2D eigenvalue weighted by Gasteiger charge is -2.28. The summed E-state index contributed by atoms with van der Waals surface area (Å²) in [7, 11) is 1.39. The van der Waals surface area contributed by atoms with E-state index in [4.69, 9.17) is 0 Å². The molecule has 0 saturated heterocycles. The molecule has 1 aromatic carbocycles. The lowest BCUT2D eigenvalue weighted by Crippen LogP contribution is -2.19. The summed E-state index contributed by atoms with van der Waals surface area (Å²) in [5, 5.41) is 10.1. The third-order valence-corrected chi connectivity index (χ3v) is 4.02. The van der Waals surface area contributed by atoms with Crippen molar-refractivity contribution in [2.75, 3.05) is 7.11 Å². The van der Waals surface area contributed by atoms with Crippen molar-refractivity contribution in [1.29, 1.82) is 0 Å². The summed E-state index contributed by atoms with van der Waals surface area (Å²) in [6, 6.07) is 3.55. The molecule has 0 spiro atoms. The van der Waals surface area contributed by atoms with E-state index in [0.717, 1.165) is 28.9 Å². The summed E-state index contributed by atoms with van der Waals surface area (Å²) in [5.41, 5.74) is 1.65. The van der Waals surface area contributed by atoms with E-state index < -0.39 is 0 Å². The van der Waals surface area contributed by atoms with Gasteiger partial charge in [0.05, 0.1) is 7.11 Å². The van der Waals surface area contributed by atoms with Gasteiger partial charge in [-0.1, -0.05) is 19.9 Å². The Morgan fingerprint density at radius 2 is 2.05 bits per heavy atom. The van der Waals surface area contributed by atoms with E-state index in [2.05, 4.69) is 31.2 Å². The fourth-order valence-corrected chi connectivity index (χ4v) is 2.75. The Labute approximate surface area is 120 Å². The molecular formula is C15H22O3S. The molecule has 0 aromatic heterocycles. The van der Waals surface area contributed by atoms with Gasteiger partial charge in [-0.2, -0.15) is 0 Å². The van der Waals surface area contributed by atoms with Gasteiger partial charge >= 0.3 is 5.97 Å². The Morgan fingerprint density at radius 3 is 2.63 bits per heavy atom. The molecule has 0 saturated carbocycles. The van der Waals surface area contributed by atoms with Crippen LogP contribution in [0.3, 0.4) is 0 Å². The molecule has 0 radical (unpaired) electrons. The molecule has 1 aromatic rings. The molecule has 0 unspecified atom stereocenters. The Morgan fingerprint density at radius 1 is 1.42 bits per heavy atom. The van der Waals surface area contributed by atoms with Crippen LogP contribution in [0.25, 0.3) is 0 Å². The number of phenolic OH excluding ortho intramolecular Hbond substituents is 1. The van der Waals surface area contributed by atoms with Crippen LogP contribution in [0, 0.1) is 6.92 Å². The minimum Gasteiger partial charge on any atom is -0.508 e. The van der Waals surface area contributed by atoms with Crippen LogP contribution in [0.2, 0.25) is 0 Å². The van der Waals surface area contributed by atoms with Gasteiger partial charge in [-0.05, 0) is 36.8 Å². The number of aromatic hydroxyl groups is 1. The first kappa shape index (κ1) is 15.9. The first-order valence-electron chi connectivity index (χ1n) is 6.38. The normalized spacial score (nSPS) is 11.4. The van der Waals surface area contributed by atoms with Gasteiger partial charge in [0, 0.05) is 16.9 Å². The van der Waals surface area contributed by atoms with Crippen LogP contribution < -0.4 is 0 Å². The van der Waals surface area contributed by atoms with E-state index in [0.29, 0.717) is 6.42 Å². The lowest BCUT2D eigenvalue weighted by atomic mass is 9.79. The number of carbonyl (C=O) groups excluding carboxylic acids is 1.